The number of carbonyl (C=O) groups is 1. The third kappa shape index (κ3) is 3.53. The first-order chi connectivity index (χ1) is 10.6. The van der Waals surface area contributed by atoms with Crippen LogP contribution in [0.15, 0.2) is 24.0 Å². The summed E-state index contributed by atoms with van der Waals surface area (Å²) in [6.07, 6.45) is -2.24. The molecule has 0 saturated carbocycles. The molecule has 10 heteroatoms. The van der Waals surface area contributed by atoms with Crippen LogP contribution in [0.4, 0.5) is 13.2 Å². The monoisotopic (exact) mass is 348 g/mol. The number of imidazole rings is 1. The maximum atomic E-state index is 13.4. The zero-order chi connectivity index (χ0) is 17.3. The lowest BCUT2D eigenvalue weighted by molar-refractivity contribution is -0.271. The zero-order valence-electron chi connectivity index (χ0n) is 12.4. The van der Waals surface area contributed by atoms with Crippen molar-refractivity contribution >= 4 is 17.2 Å². The highest BCUT2D eigenvalue weighted by molar-refractivity contribution is 7.09. The predicted molar refractivity (Wildman–Crippen MR) is 76.4 cm³/mol. The Balaban J connectivity index is 2.21. The highest BCUT2D eigenvalue weighted by atomic mass is 32.1. The van der Waals surface area contributed by atoms with Gasteiger partial charge in [-0.2, -0.15) is 13.2 Å². The molecule has 2 aromatic heterocycles. The lowest BCUT2D eigenvalue weighted by Crippen LogP contribution is -2.48. The molecule has 6 nitrogen and oxygen atoms in total. The van der Waals surface area contributed by atoms with E-state index in [1.807, 2.05) is 0 Å². The summed E-state index contributed by atoms with van der Waals surface area (Å²) in [5.41, 5.74) is -3.35. The third-order valence-electron chi connectivity index (χ3n) is 3.35. The number of amides is 1. The fourth-order valence-electron chi connectivity index (χ4n) is 2.05. The Labute approximate surface area is 134 Å². The average molecular weight is 348 g/mol. The van der Waals surface area contributed by atoms with Crippen molar-refractivity contribution in [1.29, 1.82) is 0 Å². The molecule has 0 aliphatic heterocycles. The molecule has 0 fully saturated rings. The second-order valence-corrected chi connectivity index (χ2v) is 6.05. The summed E-state index contributed by atoms with van der Waals surface area (Å²) in [6.45, 7) is 0.0744. The van der Waals surface area contributed by atoms with E-state index in [4.69, 9.17) is 0 Å². The van der Waals surface area contributed by atoms with Crippen molar-refractivity contribution in [3.05, 3.63) is 34.8 Å². The Morgan fingerprint density at radius 3 is 2.57 bits per heavy atom. The number of alkyl halides is 3. The van der Waals surface area contributed by atoms with Crippen molar-refractivity contribution in [2.75, 3.05) is 7.05 Å². The molecule has 0 bridgehead atoms. The molecule has 126 valence electrons. The van der Waals surface area contributed by atoms with E-state index in [1.165, 1.54) is 37.8 Å². The zero-order valence-corrected chi connectivity index (χ0v) is 13.2. The van der Waals surface area contributed by atoms with Crippen molar-refractivity contribution in [1.82, 2.24) is 19.4 Å². The van der Waals surface area contributed by atoms with Gasteiger partial charge < -0.3 is 14.6 Å². The maximum Gasteiger partial charge on any atom is 0.425 e. The number of aryl methyl sites for hydroxylation is 1. The van der Waals surface area contributed by atoms with Crippen molar-refractivity contribution in [3.8, 4) is 0 Å². The number of rotatable bonds is 5. The molecule has 23 heavy (non-hydrogen) atoms. The van der Waals surface area contributed by atoms with Gasteiger partial charge in [-0.05, 0) is 0 Å². The van der Waals surface area contributed by atoms with E-state index in [0.717, 1.165) is 15.7 Å². The molecule has 0 spiro atoms. The largest absolute Gasteiger partial charge is 0.425 e. The normalized spacial score (nSPS) is 14.5. The molecule has 1 unspecified atom stereocenters. The smallest absolute Gasteiger partial charge is 0.374 e. The number of hydrogen-bond donors (Lipinski definition) is 1. The Kier molecular flexibility index (Phi) is 4.76. The van der Waals surface area contributed by atoms with Crippen LogP contribution in [0.25, 0.3) is 0 Å². The Hall–Kier alpha value is -1.94. The minimum absolute atomic E-state index is 0.0744. The van der Waals surface area contributed by atoms with Crippen LogP contribution < -0.4 is 0 Å². The molecule has 2 rings (SSSR count). The number of hydrogen-bond acceptors (Lipinski definition) is 5. The second-order valence-electron chi connectivity index (χ2n) is 5.07. The number of thiazole rings is 1. The first-order valence-electron chi connectivity index (χ1n) is 6.54. The molecule has 1 atom stereocenters. The van der Waals surface area contributed by atoms with E-state index < -0.39 is 29.9 Å². The van der Waals surface area contributed by atoms with Gasteiger partial charge in [-0.15, -0.1) is 11.3 Å². The molecule has 1 amide bonds. The minimum Gasteiger partial charge on any atom is -0.374 e. The summed E-state index contributed by atoms with van der Waals surface area (Å²) in [6, 6.07) is 0. The van der Waals surface area contributed by atoms with Gasteiger partial charge in [0.05, 0.1) is 13.0 Å². The maximum absolute atomic E-state index is 13.4. The Morgan fingerprint density at radius 1 is 1.39 bits per heavy atom. The van der Waals surface area contributed by atoms with Gasteiger partial charge in [-0.3, -0.25) is 4.79 Å². The molecule has 0 radical (unpaired) electrons. The molecular formula is C13H15F3N4O2S. The lowest BCUT2D eigenvalue weighted by atomic mass is 9.97. The fourth-order valence-corrected chi connectivity index (χ4v) is 2.71. The summed E-state index contributed by atoms with van der Waals surface area (Å²) in [5, 5.41) is 12.5. The quantitative estimate of drug-likeness (QED) is 0.892. The molecule has 1 N–H and O–H groups in total. The van der Waals surface area contributed by atoms with E-state index in [9.17, 15) is 23.1 Å². The molecule has 0 saturated heterocycles. The van der Waals surface area contributed by atoms with Crippen molar-refractivity contribution in [2.45, 2.75) is 24.7 Å². The van der Waals surface area contributed by atoms with Crippen LogP contribution in [0.1, 0.15) is 17.3 Å². The van der Waals surface area contributed by atoms with Gasteiger partial charge in [0, 0.05) is 38.1 Å². The summed E-state index contributed by atoms with van der Waals surface area (Å²) >= 11 is 1.29. The number of aromatic nitrogens is 3. The SMILES string of the molecule is CN(Cc1nccs1)C(=O)CC(O)(c1nccn1C)C(F)(F)F. The van der Waals surface area contributed by atoms with Crippen molar-refractivity contribution < 1.29 is 23.1 Å². The minimum atomic E-state index is -5.04. The average Bonchev–Trinajstić information content (AvgIpc) is 3.08. The van der Waals surface area contributed by atoms with Crippen LogP contribution in [0.5, 0.6) is 0 Å². The van der Waals surface area contributed by atoms with Crippen LogP contribution >= 0.6 is 11.3 Å². The number of halogens is 3. The van der Waals surface area contributed by atoms with Gasteiger partial charge in [0.1, 0.15) is 5.01 Å². The highest BCUT2D eigenvalue weighted by Gasteiger charge is 2.58. The summed E-state index contributed by atoms with van der Waals surface area (Å²) < 4.78 is 41.1. The molecule has 2 heterocycles. The van der Waals surface area contributed by atoms with Gasteiger partial charge >= 0.3 is 6.18 Å². The van der Waals surface area contributed by atoms with Crippen LogP contribution in [0, 0.1) is 0 Å². The Bertz CT molecular complexity index is 671. The first kappa shape index (κ1) is 17.4. The molecule has 2 aromatic rings. The molecule has 0 aliphatic carbocycles. The van der Waals surface area contributed by atoms with Gasteiger partial charge in [-0.1, -0.05) is 0 Å². The summed E-state index contributed by atoms with van der Waals surface area (Å²) in [5.74, 6) is -1.48. The van der Waals surface area contributed by atoms with Crippen LogP contribution in [-0.4, -0.2) is 43.7 Å². The van der Waals surface area contributed by atoms with E-state index >= 15 is 0 Å². The fraction of sp³-hybridized carbons (Fsp3) is 0.462. The van der Waals surface area contributed by atoms with Crippen LogP contribution in [-0.2, 0) is 24.0 Å². The van der Waals surface area contributed by atoms with Gasteiger partial charge in [0.25, 0.3) is 0 Å². The number of nitrogens with zero attached hydrogens (tertiary/aromatic N) is 4. The van der Waals surface area contributed by atoms with Gasteiger partial charge in [0.15, 0.2) is 5.82 Å². The highest BCUT2D eigenvalue weighted by Crippen LogP contribution is 2.41. The summed E-state index contributed by atoms with van der Waals surface area (Å²) in [4.78, 5) is 20.8. The topological polar surface area (TPSA) is 71.2 Å². The van der Waals surface area contributed by atoms with E-state index in [1.54, 1.807) is 5.38 Å². The number of carbonyl (C=O) groups excluding carboxylic acids is 1. The second kappa shape index (κ2) is 6.28. The third-order valence-corrected chi connectivity index (χ3v) is 4.11. The molecule has 0 aromatic carbocycles. The standard InChI is InChI=1S/C13H15F3N4O2S/c1-19-5-3-18-11(19)12(22,13(14,15)16)7-10(21)20(2)8-9-17-4-6-23-9/h3-6,22H,7-8H2,1-2H3. The summed E-state index contributed by atoms with van der Waals surface area (Å²) in [7, 11) is 2.68. The van der Waals surface area contributed by atoms with Gasteiger partial charge in [0.2, 0.25) is 11.5 Å². The molecule has 0 aliphatic rings. The number of aliphatic hydroxyl groups is 1. The lowest BCUT2D eigenvalue weighted by Gasteiger charge is -2.30. The first-order valence-corrected chi connectivity index (χ1v) is 7.42. The van der Waals surface area contributed by atoms with E-state index in [2.05, 4.69) is 9.97 Å². The Morgan fingerprint density at radius 2 is 2.09 bits per heavy atom. The van der Waals surface area contributed by atoms with E-state index in [-0.39, 0.29) is 6.54 Å². The molecular weight excluding hydrogens is 333 g/mol. The van der Waals surface area contributed by atoms with Gasteiger partial charge in [-0.25, -0.2) is 9.97 Å². The van der Waals surface area contributed by atoms with Crippen LogP contribution in [0.2, 0.25) is 0 Å². The van der Waals surface area contributed by atoms with E-state index in [0.29, 0.717) is 5.01 Å². The van der Waals surface area contributed by atoms with Crippen molar-refractivity contribution in [3.63, 3.8) is 0 Å². The van der Waals surface area contributed by atoms with Crippen LogP contribution in [0.3, 0.4) is 0 Å². The predicted octanol–water partition coefficient (Wildman–Crippen LogP) is 1.68. The van der Waals surface area contributed by atoms with Crippen molar-refractivity contribution in [2.24, 2.45) is 7.05 Å².